The monoisotopic (exact) mass is 346 g/mol. The highest BCUT2D eigenvalue weighted by Gasteiger charge is 2.43. The fraction of sp³-hybridized carbons (Fsp3) is 0.333. The number of benzene rings is 1. The summed E-state index contributed by atoms with van der Waals surface area (Å²) in [5, 5.41) is 1.97. The number of thiophene rings is 1. The van der Waals surface area contributed by atoms with Gasteiger partial charge >= 0.3 is 0 Å². The Kier molecular flexibility index (Phi) is 4.66. The molecule has 0 unspecified atom stereocenters. The second-order valence-corrected chi connectivity index (χ2v) is 7.12. The largest absolute Gasteiger partial charge is 0.340 e. The quantitative estimate of drug-likeness (QED) is 0.854. The number of carbonyl (C=O) groups is 2. The van der Waals surface area contributed by atoms with Gasteiger partial charge in [-0.25, -0.2) is 4.39 Å². The first-order valence-electron chi connectivity index (χ1n) is 7.76. The Morgan fingerprint density at radius 2 is 2.04 bits per heavy atom. The van der Waals surface area contributed by atoms with Gasteiger partial charge in [-0.15, -0.1) is 11.3 Å². The van der Waals surface area contributed by atoms with Crippen LogP contribution in [0.1, 0.15) is 22.9 Å². The van der Waals surface area contributed by atoms with E-state index in [1.165, 1.54) is 12.1 Å². The maximum Gasteiger partial charge on any atom is 0.228 e. The summed E-state index contributed by atoms with van der Waals surface area (Å²) in [4.78, 5) is 29.4. The Labute approximate surface area is 144 Å². The van der Waals surface area contributed by atoms with Crippen LogP contribution in [0.5, 0.6) is 0 Å². The molecule has 0 aliphatic carbocycles. The lowest BCUT2D eigenvalue weighted by molar-refractivity contribution is -0.135. The average molecular weight is 346 g/mol. The van der Waals surface area contributed by atoms with Gasteiger partial charge in [-0.05, 0) is 29.1 Å². The third kappa shape index (κ3) is 3.19. The van der Waals surface area contributed by atoms with Crippen LogP contribution < -0.4 is 0 Å². The molecule has 126 valence electrons. The summed E-state index contributed by atoms with van der Waals surface area (Å²) in [6.07, 6.45) is 0.187. The van der Waals surface area contributed by atoms with Gasteiger partial charge < -0.3 is 9.80 Å². The molecule has 6 heteroatoms. The first kappa shape index (κ1) is 16.6. The Bertz CT molecular complexity index is 730. The van der Waals surface area contributed by atoms with Crippen molar-refractivity contribution in [3.05, 3.63) is 58.0 Å². The third-order valence-corrected chi connectivity index (χ3v) is 5.33. The molecule has 2 heterocycles. The summed E-state index contributed by atoms with van der Waals surface area (Å²) in [6, 6.07) is 9.61. The fourth-order valence-electron chi connectivity index (χ4n) is 3.20. The lowest BCUT2D eigenvalue weighted by Gasteiger charge is -2.27. The highest BCUT2D eigenvalue weighted by atomic mass is 32.1. The van der Waals surface area contributed by atoms with E-state index in [2.05, 4.69) is 0 Å². The number of rotatable bonds is 4. The SMILES string of the molecule is CN(Cc1cccs1)C(=O)[C@H]1CC(=O)N(C)[C@@H]1c1ccc(F)cc1. The first-order chi connectivity index (χ1) is 11.5. The predicted octanol–water partition coefficient (Wildman–Crippen LogP) is 3.07. The number of hydrogen-bond donors (Lipinski definition) is 0. The van der Waals surface area contributed by atoms with E-state index in [4.69, 9.17) is 0 Å². The molecule has 0 radical (unpaired) electrons. The minimum atomic E-state index is -0.446. The van der Waals surface area contributed by atoms with Crippen LogP contribution in [-0.2, 0) is 16.1 Å². The zero-order chi connectivity index (χ0) is 17.3. The highest BCUT2D eigenvalue weighted by Crippen LogP contribution is 2.38. The fourth-order valence-corrected chi connectivity index (χ4v) is 3.96. The Balaban J connectivity index is 1.82. The molecule has 3 rings (SSSR count). The zero-order valence-electron chi connectivity index (χ0n) is 13.6. The van der Waals surface area contributed by atoms with E-state index in [0.717, 1.165) is 10.4 Å². The number of amides is 2. The zero-order valence-corrected chi connectivity index (χ0v) is 14.4. The standard InChI is InChI=1S/C18H19FN2O2S/c1-20(11-14-4-3-9-24-14)18(23)15-10-16(22)21(2)17(15)12-5-7-13(19)8-6-12/h3-9,15,17H,10-11H2,1-2H3/t15-,17+/m0/s1. The number of halogens is 1. The smallest absolute Gasteiger partial charge is 0.228 e. The summed E-state index contributed by atoms with van der Waals surface area (Å²) < 4.78 is 13.2. The third-order valence-electron chi connectivity index (χ3n) is 4.46. The number of hydrogen-bond acceptors (Lipinski definition) is 3. The summed E-state index contributed by atoms with van der Waals surface area (Å²) in [6.45, 7) is 0.529. The molecule has 0 N–H and O–H groups in total. The Hall–Kier alpha value is -2.21. The minimum absolute atomic E-state index is 0.0598. The molecule has 1 aliphatic rings. The van der Waals surface area contributed by atoms with E-state index in [9.17, 15) is 14.0 Å². The number of carbonyl (C=O) groups excluding carboxylic acids is 2. The lowest BCUT2D eigenvalue weighted by Crippen LogP contribution is -2.35. The van der Waals surface area contributed by atoms with Gasteiger partial charge in [0.2, 0.25) is 11.8 Å². The predicted molar refractivity (Wildman–Crippen MR) is 90.8 cm³/mol. The van der Waals surface area contributed by atoms with E-state index in [-0.39, 0.29) is 30.1 Å². The maximum absolute atomic E-state index is 13.2. The van der Waals surface area contributed by atoms with Crippen molar-refractivity contribution in [2.45, 2.75) is 19.0 Å². The van der Waals surface area contributed by atoms with Gasteiger partial charge in [0, 0.05) is 25.4 Å². The molecular weight excluding hydrogens is 327 g/mol. The molecule has 0 saturated carbocycles. The molecule has 2 atom stereocenters. The Morgan fingerprint density at radius 1 is 1.33 bits per heavy atom. The van der Waals surface area contributed by atoms with Crippen LogP contribution >= 0.6 is 11.3 Å². The number of nitrogens with zero attached hydrogens (tertiary/aromatic N) is 2. The van der Waals surface area contributed by atoms with Crippen LogP contribution in [-0.4, -0.2) is 35.7 Å². The average Bonchev–Trinajstić information content (AvgIpc) is 3.17. The second kappa shape index (κ2) is 6.73. The van der Waals surface area contributed by atoms with Gasteiger partial charge in [0.15, 0.2) is 0 Å². The van der Waals surface area contributed by atoms with Crippen molar-refractivity contribution in [3.63, 3.8) is 0 Å². The summed E-state index contributed by atoms with van der Waals surface area (Å²) in [5.74, 6) is -0.899. The van der Waals surface area contributed by atoms with Crippen LogP contribution in [0.25, 0.3) is 0 Å². The molecule has 4 nitrogen and oxygen atoms in total. The normalized spacial score (nSPS) is 20.5. The van der Waals surface area contributed by atoms with Gasteiger partial charge in [0.1, 0.15) is 5.82 Å². The van der Waals surface area contributed by atoms with E-state index >= 15 is 0 Å². The van der Waals surface area contributed by atoms with Crippen molar-refractivity contribution in [1.82, 2.24) is 9.80 Å². The topological polar surface area (TPSA) is 40.6 Å². The lowest BCUT2D eigenvalue weighted by atomic mass is 9.92. The first-order valence-corrected chi connectivity index (χ1v) is 8.64. The minimum Gasteiger partial charge on any atom is -0.340 e. The second-order valence-electron chi connectivity index (χ2n) is 6.09. The summed E-state index contributed by atoms with van der Waals surface area (Å²) in [7, 11) is 3.45. The van der Waals surface area contributed by atoms with Crippen LogP contribution in [0.2, 0.25) is 0 Å². The van der Waals surface area contributed by atoms with Gasteiger partial charge in [0.25, 0.3) is 0 Å². The van der Waals surface area contributed by atoms with Crippen LogP contribution in [0.4, 0.5) is 4.39 Å². The molecule has 0 spiro atoms. The van der Waals surface area contributed by atoms with Gasteiger partial charge in [-0.1, -0.05) is 18.2 Å². The summed E-state index contributed by atoms with van der Waals surface area (Å²) >= 11 is 1.60. The van der Waals surface area contributed by atoms with Crippen LogP contribution in [0, 0.1) is 11.7 Å². The van der Waals surface area contributed by atoms with Gasteiger partial charge in [0.05, 0.1) is 18.5 Å². The van der Waals surface area contributed by atoms with E-state index in [0.29, 0.717) is 6.54 Å². The molecule has 1 aliphatic heterocycles. The van der Waals surface area contributed by atoms with Crippen molar-refractivity contribution in [3.8, 4) is 0 Å². The molecule has 1 saturated heterocycles. The van der Waals surface area contributed by atoms with Crippen LogP contribution in [0.15, 0.2) is 41.8 Å². The van der Waals surface area contributed by atoms with Gasteiger partial charge in [-0.2, -0.15) is 0 Å². The molecule has 24 heavy (non-hydrogen) atoms. The van der Waals surface area contributed by atoms with E-state index in [1.807, 2.05) is 17.5 Å². The van der Waals surface area contributed by atoms with Crippen molar-refractivity contribution in [1.29, 1.82) is 0 Å². The highest BCUT2D eigenvalue weighted by molar-refractivity contribution is 7.09. The van der Waals surface area contributed by atoms with Crippen LogP contribution in [0.3, 0.4) is 0 Å². The molecule has 1 fully saturated rings. The molecule has 0 bridgehead atoms. The van der Waals surface area contributed by atoms with Crippen molar-refractivity contribution >= 4 is 23.2 Å². The maximum atomic E-state index is 13.2. The van der Waals surface area contributed by atoms with E-state index in [1.54, 1.807) is 47.4 Å². The van der Waals surface area contributed by atoms with Crippen molar-refractivity contribution in [2.24, 2.45) is 5.92 Å². The van der Waals surface area contributed by atoms with Crippen molar-refractivity contribution in [2.75, 3.05) is 14.1 Å². The van der Waals surface area contributed by atoms with Gasteiger partial charge in [-0.3, -0.25) is 9.59 Å². The van der Waals surface area contributed by atoms with E-state index < -0.39 is 5.92 Å². The number of likely N-dealkylation sites (tertiary alicyclic amines) is 1. The summed E-state index contributed by atoms with van der Waals surface area (Å²) in [5.41, 5.74) is 0.785. The molecular formula is C18H19FN2O2S. The van der Waals surface area contributed by atoms with Crippen molar-refractivity contribution < 1.29 is 14.0 Å². The molecule has 2 aromatic rings. The molecule has 2 amide bonds. The molecule has 1 aromatic carbocycles. The Morgan fingerprint density at radius 3 is 2.67 bits per heavy atom. The molecule has 1 aromatic heterocycles.